The van der Waals surface area contributed by atoms with Gasteiger partial charge in [0.15, 0.2) is 0 Å². The Balaban J connectivity index is 2.16. The first-order chi connectivity index (χ1) is 9.13. The Bertz CT molecular complexity index is 489. The summed E-state index contributed by atoms with van der Waals surface area (Å²) in [6.45, 7) is 5.85. The van der Waals surface area contributed by atoms with Gasteiger partial charge in [0.2, 0.25) is 0 Å². The molecular weight excluding hydrogens is 256 g/mol. The fourth-order valence-corrected chi connectivity index (χ4v) is 3.06. The Morgan fingerprint density at radius 3 is 2.84 bits per heavy atom. The van der Waals surface area contributed by atoms with Gasteiger partial charge < -0.3 is 10.3 Å². The molecule has 4 nitrogen and oxygen atoms in total. The molecule has 19 heavy (non-hydrogen) atoms. The van der Waals surface area contributed by atoms with E-state index >= 15 is 0 Å². The van der Waals surface area contributed by atoms with Crippen LogP contribution < -0.4 is 5.73 Å². The number of thiophene rings is 1. The Labute approximate surface area is 118 Å². The number of imidazole rings is 1. The van der Waals surface area contributed by atoms with Gasteiger partial charge in [-0.3, -0.25) is 4.90 Å². The molecule has 0 spiro atoms. The lowest BCUT2D eigenvalue weighted by Crippen LogP contribution is -2.31. The Kier molecular flexibility index (Phi) is 4.74. The lowest BCUT2D eigenvalue weighted by atomic mass is 10.1. The minimum atomic E-state index is 0.201. The van der Waals surface area contributed by atoms with E-state index in [0.29, 0.717) is 12.6 Å². The third kappa shape index (κ3) is 3.23. The third-order valence-corrected chi connectivity index (χ3v) is 4.20. The van der Waals surface area contributed by atoms with Crippen LogP contribution in [0.4, 0.5) is 0 Å². The van der Waals surface area contributed by atoms with Crippen molar-refractivity contribution in [1.29, 1.82) is 0 Å². The lowest BCUT2D eigenvalue weighted by Gasteiger charge is -2.28. The zero-order valence-corrected chi connectivity index (χ0v) is 12.6. The minimum Gasteiger partial charge on any atom is -0.331 e. The first-order valence-electron chi connectivity index (χ1n) is 6.58. The molecule has 104 valence electrons. The fraction of sp³-hybridized carbons (Fsp3) is 0.500. The molecule has 1 unspecified atom stereocenters. The number of nitrogens with two attached hydrogens (primary N) is 1. The van der Waals surface area contributed by atoms with Gasteiger partial charge in [0, 0.05) is 30.2 Å². The zero-order chi connectivity index (χ0) is 13.8. The predicted molar refractivity (Wildman–Crippen MR) is 80.2 cm³/mol. The van der Waals surface area contributed by atoms with E-state index in [-0.39, 0.29) is 6.04 Å². The fourth-order valence-electron chi connectivity index (χ4n) is 2.29. The van der Waals surface area contributed by atoms with Gasteiger partial charge in [-0.25, -0.2) is 4.98 Å². The van der Waals surface area contributed by atoms with E-state index in [0.717, 1.165) is 6.54 Å². The van der Waals surface area contributed by atoms with E-state index in [1.54, 1.807) is 11.3 Å². The van der Waals surface area contributed by atoms with Crippen LogP contribution in [0.1, 0.15) is 36.5 Å². The monoisotopic (exact) mass is 278 g/mol. The van der Waals surface area contributed by atoms with Crippen LogP contribution in [0.2, 0.25) is 0 Å². The highest BCUT2D eigenvalue weighted by atomic mass is 32.1. The molecule has 0 fully saturated rings. The molecular formula is C14H22N4S. The maximum absolute atomic E-state index is 5.98. The van der Waals surface area contributed by atoms with Crippen molar-refractivity contribution in [2.24, 2.45) is 5.73 Å². The molecule has 5 heteroatoms. The largest absolute Gasteiger partial charge is 0.331 e. The number of likely N-dealkylation sites (N-methyl/N-ethyl adjacent to an activating group) is 1. The molecule has 0 amide bonds. The summed E-state index contributed by atoms with van der Waals surface area (Å²) in [6, 6.07) is 4.85. The first kappa shape index (κ1) is 14.2. The number of aromatic nitrogens is 2. The van der Waals surface area contributed by atoms with Crippen LogP contribution in [0.25, 0.3) is 0 Å². The molecule has 0 aliphatic carbocycles. The molecule has 0 aliphatic rings. The molecule has 0 saturated carbocycles. The average Bonchev–Trinajstić information content (AvgIpc) is 3.00. The van der Waals surface area contributed by atoms with E-state index in [2.05, 4.69) is 52.9 Å². The number of rotatable bonds is 6. The van der Waals surface area contributed by atoms with Gasteiger partial charge in [-0.15, -0.1) is 11.3 Å². The highest BCUT2D eigenvalue weighted by Gasteiger charge is 2.20. The third-order valence-electron chi connectivity index (χ3n) is 3.33. The molecule has 1 atom stereocenters. The molecule has 2 N–H and O–H groups in total. The lowest BCUT2D eigenvalue weighted by molar-refractivity contribution is 0.232. The maximum atomic E-state index is 5.98. The Morgan fingerprint density at radius 1 is 1.47 bits per heavy atom. The molecule has 2 aromatic heterocycles. The van der Waals surface area contributed by atoms with Crippen LogP contribution in [0.5, 0.6) is 0 Å². The van der Waals surface area contributed by atoms with Crippen molar-refractivity contribution in [3.05, 3.63) is 40.6 Å². The van der Waals surface area contributed by atoms with Crippen LogP contribution in [0.3, 0.4) is 0 Å². The summed E-state index contributed by atoms with van der Waals surface area (Å²) < 4.78 is 2.20. The topological polar surface area (TPSA) is 47.1 Å². The van der Waals surface area contributed by atoms with E-state index in [1.165, 1.54) is 10.6 Å². The van der Waals surface area contributed by atoms with Crippen molar-refractivity contribution in [1.82, 2.24) is 14.5 Å². The Morgan fingerprint density at radius 2 is 2.26 bits per heavy atom. The van der Waals surface area contributed by atoms with Crippen molar-refractivity contribution in [3.8, 4) is 0 Å². The summed E-state index contributed by atoms with van der Waals surface area (Å²) in [4.78, 5) is 7.93. The molecule has 0 aliphatic heterocycles. The van der Waals surface area contributed by atoms with Gasteiger partial charge in [-0.1, -0.05) is 6.07 Å². The Hall–Kier alpha value is -1.17. The van der Waals surface area contributed by atoms with Gasteiger partial charge in [-0.05, 0) is 32.3 Å². The first-order valence-corrected chi connectivity index (χ1v) is 7.45. The summed E-state index contributed by atoms with van der Waals surface area (Å²) >= 11 is 1.78. The molecule has 0 radical (unpaired) electrons. The number of nitrogens with zero attached hydrogens (tertiary/aromatic N) is 3. The summed E-state index contributed by atoms with van der Waals surface area (Å²) in [6.07, 6.45) is 3.82. The highest BCUT2D eigenvalue weighted by Crippen LogP contribution is 2.23. The SMILES string of the molecule is CC(C)n1cncc1C(CN)N(C)Cc1cccs1. The second-order valence-electron chi connectivity index (χ2n) is 5.07. The summed E-state index contributed by atoms with van der Waals surface area (Å²) in [5, 5.41) is 2.11. The van der Waals surface area contributed by atoms with Crippen LogP contribution in [-0.4, -0.2) is 28.0 Å². The van der Waals surface area contributed by atoms with E-state index in [9.17, 15) is 0 Å². The molecule has 0 bridgehead atoms. The molecule has 0 saturated heterocycles. The van der Waals surface area contributed by atoms with Crippen molar-refractivity contribution in [2.45, 2.75) is 32.5 Å². The van der Waals surface area contributed by atoms with Gasteiger partial charge in [0.1, 0.15) is 0 Å². The van der Waals surface area contributed by atoms with Crippen molar-refractivity contribution in [2.75, 3.05) is 13.6 Å². The van der Waals surface area contributed by atoms with Crippen LogP contribution in [-0.2, 0) is 6.54 Å². The second kappa shape index (κ2) is 6.32. The van der Waals surface area contributed by atoms with Crippen molar-refractivity contribution < 1.29 is 0 Å². The number of hydrogen-bond donors (Lipinski definition) is 1. The van der Waals surface area contributed by atoms with Crippen molar-refractivity contribution >= 4 is 11.3 Å². The average molecular weight is 278 g/mol. The normalized spacial score (nSPS) is 13.4. The van der Waals surface area contributed by atoms with Gasteiger partial charge in [0.25, 0.3) is 0 Å². The maximum Gasteiger partial charge on any atom is 0.0951 e. The van der Waals surface area contributed by atoms with E-state index < -0.39 is 0 Å². The smallest absolute Gasteiger partial charge is 0.0951 e. The second-order valence-corrected chi connectivity index (χ2v) is 6.10. The molecule has 0 aromatic carbocycles. The molecule has 2 aromatic rings. The minimum absolute atomic E-state index is 0.201. The van der Waals surface area contributed by atoms with Gasteiger partial charge in [0.05, 0.1) is 18.1 Å². The van der Waals surface area contributed by atoms with Gasteiger partial charge in [-0.2, -0.15) is 0 Å². The predicted octanol–water partition coefficient (Wildman–Crippen LogP) is 2.66. The highest BCUT2D eigenvalue weighted by molar-refractivity contribution is 7.09. The van der Waals surface area contributed by atoms with Crippen LogP contribution >= 0.6 is 11.3 Å². The van der Waals surface area contributed by atoms with E-state index in [1.807, 2.05) is 12.5 Å². The summed E-state index contributed by atoms with van der Waals surface area (Å²) in [5.41, 5.74) is 7.17. The standard InChI is InChI=1S/C14H22N4S/c1-11(2)18-10-16-8-14(18)13(7-15)17(3)9-12-5-4-6-19-12/h4-6,8,10-11,13H,7,9,15H2,1-3H3. The number of hydrogen-bond acceptors (Lipinski definition) is 4. The molecule has 2 rings (SSSR count). The van der Waals surface area contributed by atoms with E-state index in [4.69, 9.17) is 5.73 Å². The van der Waals surface area contributed by atoms with Crippen LogP contribution in [0, 0.1) is 0 Å². The van der Waals surface area contributed by atoms with Gasteiger partial charge >= 0.3 is 0 Å². The summed E-state index contributed by atoms with van der Waals surface area (Å²) in [7, 11) is 2.12. The zero-order valence-electron chi connectivity index (χ0n) is 11.8. The summed E-state index contributed by atoms with van der Waals surface area (Å²) in [5.74, 6) is 0. The van der Waals surface area contributed by atoms with Crippen molar-refractivity contribution in [3.63, 3.8) is 0 Å². The quantitative estimate of drug-likeness (QED) is 0.883. The van der Waals surface area contributed by atoms with Crippen LogP contribution in [0.15, 0.2) is 30.0 Å². The molecule has 2 heterocycles.